The standard InChI is InChI=1S/C44H74NO10P/c1-3-5-7-9-11-13-15-17-18-19-20-21-22-24-26-28-30-32-34-36-43(48)53-37-40(46)38-54-56(51,52)55-39-41(44(49)50)45-42(47)35-33-31-29-27-25-23-16-14-12-10-8-6-4-2/h5,7,11,13,17-18,20-21,24,26,30,32,40-41,46H,3-4,6,8-10,12,14-16,19,22-23,25,27-29,31,33-39H2,1-2H3,(H,45,47)(H,49,50)(H,51,52)/b7-5-,13-11-,18-17-,21-20-,26-24-,32-30-. The van der Waals surface area contributed by atoms with Gasteiger partial charge in [-0.1, -0.05) is 164 Å². The average molecular weight is 808 g/mol. The summed E-state index contributed by atoms with van der Waals surface area (Å²) in [7, 11) is -4.77. The number of hydrogen-bond donors (Lipinski definition) is 4. The summed E-state index contributed by atoms with van der Waals surface area (Å²) in [4.78, 5) is 45.8. The number of rotatable bonds is 38. The first-order valence-corrected chi connectivity index (χ1v) is 22.5. The minimum Gasteiger partial charge on any atom is -0.480 e. The monoisotopic (exact) mass is 808 g/mol. The van der Waals surface area contributed by atoms with Crippen LogP contribution < -0.4 is 5.32 Å². The number of aliphatic hydroxyl groups is 1. The van der Waals surface area contributed by atoms with Crippen LogP contribution in [-0.4, -0.2) is 64.9 Å². The van der Waals surface area contributed by atoms with Crippen LogP contribution in [0.25, 0.3) is 0 Å². The van der Waals surface area contributed by atoms with Gasteiger partial charge in [0.05, 0.1) is 13.2 Å². The molecule has 0 aromatic heterocycles. The molecule has 0 radical (unpaired) electrons. The number of aliphatic hydroxyl groups excluding tert-OH is 1. The van der Waals surface area contributed by atoms with Crippen molar-refractivity contribution in [2.75, 3.05) is 19.8 Å². The zero-order valence-corrected chi connectivity index (χ0v) is 35.3. The number of phosphoric ester groups is 1. The van der Waals surface area contributed by atoms with Crippen LogP contribution in [-0.2, 0) is 32.7 Å². The van der Waals surface area contributed by atoms with Crippen LogP contribution in [0.5, 0.6) is 0 Å². The molecule has 0 spiro atoms. The molecule has 0 saturated heterocycles. The van der Waals surface area contributed by atoms with Gasteiger partial charge in [-0.2, -0.15) is 0 Å². The predicted molar refractivity (Wildman–Crippen MR) is 226 cm³/mol. The van der Waals surface area contributed by atoms with Crippen molar-refractivity contribution in [1.82, 2.24) is 5.32 Å². The van der Waals surface area contributed by atoms with Gasteiger partial charge in [0.1, 0.15) is 12.7 Å². The van der Waals surface area contributed by atoms with E-state index >= 15 is 0 Å². The highest BCUT2D eigenvalue weighted by atomic mass is 31.2. The Morgan fingerprint density at radius 1 is 0.589 bits per heavy atom. The lowest BCUT2D eigenvalue weighted by molar-refractivity contribution is -0.147. The van der Waals surface area contributed by atoms with E-state index in [9.17, 15) is 34.1 Å². The van der Waals surface area contributed by atoms with Crippen LogP contribution >= 0.6 is 7.82 Å². The van der Waals surface area contributed by atoms with E-state index in [-0.39, 0.29) is 12.8 Å². The van der Waals surface area contributed by atoms with E-state index < -0.39 is 57.6 Å². The van der Waals surface area contributed by atoms with E-state index in [4.69, 9.17) is 13.8 Å². The minimum absolute atomic E-state index is 0.0962. The number of carboxylic acids is 1. The summed E-state index contributed by atoms with van der Waals surface area (Å²) >= 11 is 0. The van der Waals surface area contributed by atoms with E-state index in [1.807, 2.05) is 18.2 Å². The number of hydrogen-bond acceptors (Lipinski definition) is 8. The van der Waals surface area contributed by atoms with E-state index in [0.717, 1.165) is 57.8 Å². The molecule has 0 aliphatic rings. The first kappa shape index (κ1) is 52.9. The van der Waals surface area contributed by atoms with Crippen molar-refractivity contribution in [3.63, 3.8) is 0 Å². The Kier molecular flexibility index (Phi) is 36.6. The number of ether oxygens (including phenoxy) is 1. The highest BCUT2D eigenvalue weighted by Crippen LogP contribution is 2.43. The predicted octanol–water partition coefficient (Wildman–Crippen LogP) is 10.6. The fourth-order valence-corrected chi connectivity index (χ4v) is 6.05. The van der Waals surface area contributed by atoms with Crippen LogP contribution in [0.3, 0.4) is 0 Å². The van der Waals surface area contributed by atoms with Gasteiger partial charge in [-0.25, -0.2) is 9.36 Å². The van der Waals surface area contributed by atoms with Crippen molar-refractivity contribution in [2.24, 2.45) is 0 Å². The highest BCUT2D eigenvalue weighted by molar-refractivity contribution is 7.47. The number of allylic oxidation sites excluding steroid dienone is 12. The Balaban J connectivity index is 4.03. The highest BCUT2D eigenvalue weighted by Gasteiger charge is 2.28. The van der Waals surface area contributed by atoms with E-state index in [2.05, 4.69) is 73.8 Å². The number of aliphatic carboxylic acids is 1. The number of carbonyl (C=O) groups is 3. The van der Waals surface area contributed by atoms with Crippen molar-refractivity contribution in [3.05, 3.63) is 72.9 Å². The second-order valence-electron chi connectivity index (χ2n) is 13.8. The maximum absolute atomic E-state index is 12.3. The van der Waals surface area contributed by atoms with Crippen molar-refractivity contribution < 1.29 is 47.8 Å². The van der Waals surface area contributed by atoms with Gasteiger partial charge in [-0.3, -0.25) is 18.6 Å². The maximum Gasteiger partial charge on any atom is 0.472 e. The Labute approximate surface area is 338 Å². The molecule has 0 aliphatic carbocycles. The molecule has 11 nitrogen and oxygen atoms in total. The summed E-state index contributed by atoms with van der Waals surface area (Å²) in [6.07, 6.45) is 45.1. The number of nitrogens with one attached hydrogen (secondary N) is 1. The Hall–Kier alpha value is -3.08. The second-order valence-corrected chi connectivity index (χ2v) is 15.3. The van der Waals surface area contributed by atoms with Gasteiger partial charge >= 0.3 is 19.8 Å². The van der Waals surface area contributed by atoms with Crippen molar-refractivity contribution in [2.45, 2.75) is 167 Å². The van der Waals surface area contributed by atoms with Crippen LogP contribution in [0.1, 0.15) is 155 Å². The summed E-state index contributed by atoms with van der Waals surface area (Å²) in [6.45, 7) is 2.38. The number of esters is 1. The average Bonchev–Trinajstić information content (AvgIpc) is 3.17. The number of phosphoric acid groups is 1. The molecule has 4 N–H and O–H groups in total. The van der Waals surface area contributed by atoms with E-state index in [0.29, 0.717) is 12.8 Å². The van der Waals surface area contributed by atoms with E-state index in [1.165, 1.54) is 57.8 Å². The lowest BCUT2D eigenvalue weighted by Crippen LogP contribution is -2.43. The van der Waals surface area contributed by atoms with Gasteiger partial charge in [0.25, 0.3) is 0 Å². The third-order valence-electron chi connectivity index (χ3n) is 8.52. The lowest BCUT2D eigenvalue weighted by atomic mass is 10.0. The van der Waals surface area contributed by atoms with Gasteiger partial charge in [-0.05, 0) is 51.4 Å². The minimum atomic E-state index is -4.77. The molecular weight excluding hydrogens is 733 g/mol. The van der Waals surface area contributed by atoms with Gasteiger partial charge in [0.15, 0.2) is 6.04 Å². The fourth-order valence-electron chi connectivity index (χ4n) is 5.28. The molecule has 0 aliphatic heterocycles. The summed E-state index contributed by atoms with van der Waals surface area (Å²) in [5, 5.41) is 21.8. The largest absolute Gasteiger partial charge is 0.480 e. The summed E-state index contributed by atoms with van der Waals surface area (Å²) in [5.41, 5.74) is 0. The smallest absolute Gasteiger partial charge is 0.472 e. The summed E-state index contributed by atoms with van der Waals surface area (Å²) in [5.74, 6) is -2.47. The zero-order chi connectivity index (χ0) is 41.4. The Morgan fingerprint density at radius 3 is 1.48 bits per heavy atom. The molecule has 320 valence electrons. The molecule has 0 saturated carbocycles. The van der Waals surface area contributed by atoms with Gasteiger partial charge in [0.2, 0.25) is 5.91 Å². The molecule has 3 atom stereocenters. The summed E-state index contributed by atoms with van der Waals surface area (Å²) < 4.78 is 26.7. The number of unbranched alkanes of at least 4 members (excludes halogenated alkanes) is 12. The topological polar surface area (TPSA) is 169 Å². The van der Waals surface area contributed by atoms with Crippen LogP contribution in [0.2, 0.25) is 0 Å². The molecule has 1 amide bonds. The normalized spacial score (nSPS) is 14.5. The van der Waals surface area contributed by atoms with Crippen LogP contribution in [0.4, 0.5) is 0 Å². The number of carboxylic acid groups (broad SMARTS) is 1. The van der Waals surface area contributed by atoms with Crippen molar-refractivity contribution >= 4 is 25.7 Å². The fraction of sp³-hybridized carbons (Fsp3) is 0.659. The quantitative estimate of drug-likeness (QED) is 0.0204. The molecule has 0 aromatic rings. The number of carbonyl (C=O) groups excluding carboxylic acids is 2. The Bertz CT molecular complexity index is 1230. The Morgan fingerprint density at radius 2 is 1.02 bits per heavy atom. The number of amides is 1. The van der Waals surface area contributed by atoms with Crippen molar-refractivity contribution in [1.29, 1.82) is 0 Å². The zero-order valence-electron chi connectivity index (χ0n) is 34.4. The second kappa shape index (κ2) is 38.8. The molecule has 0 bridgehead atoms. The van der Waals surface area contributed by atoms with Crippen molar-refractivity contribution in [3.8, 4) is 0 Å². The third-order valence-corrected chi connectivity index (χ3v) is 9.47. The SMILES string of the molecule is CC/C=C\C/C=C\C/C=C\C/C=C\C/C=C\C/C=C\CCC(=O)OCC(O)COP(=O)(O)OCC(NC(=O)CCCCCCCCCCCCCCC)C(=O)O. The molecule has 12 heteroatoms. The first-order valence-electron chi connectivity index (χ1n) is 21.0. The molecule has 0 aromatic carbocycles. The molecule has 0 fully saturated rings. The molecular formula is C44H74NO10P. The van der Waals surface area contributed by atoms with Gasteiger partial charge in [0, 0.05) is 12.8 Å². The molecule has 56 heavy (non-hydrogen) atoms. The van der Waals surface area contributed by atoms with E-state index in [1.54, 1.807) is 0 Å². The molecule has 0 heterocycles. The maximum atomic E-state index is 12.3. The van der Waals surface area contributed by atoms with Gasteiger partial charge < -0.3 is 25.2 Å². The third kappa shape index (κ3) is 37.8. The first-order chi connectivity index (χ1) is 27.1. The van der Waals surface area contributed by atoms with Gasteiger partial charge in [-0.15, -0.1) is 0 Å². The molecule has 3 unspecified atom stereocenters. The van der Waals surface area contributed by atoms with Crippen LogP contribution in [0.15, 0.2) is 72.9 Å². The van der Waals surface area contributed by atoms with Crippen LogP contribution in [0, 0.1) is 0 Å². The molecule has 0 rings (SSSR count). The lowest BCUT2D eigenvalue weighted by Gasteiger charge is -2.18. The summed E-state index contributed by atoms with van der Waals surface area (Å²) in [6, 6.07) is -1.56.